The fourth-order valence-corrected chi connectivity index (χ4v) is 3.30. The number of nitrogens with zero attached hydrogens (tertiary/aromatic N) is 4. The maximum atomic E-state index is 6.28. The first-order valence-electron chi connectivity index (χ1n) is 6.41. The lowest BCUT2D eigenvalue weighted by Crippen LogP contribution is -2.30. The van der Waals surface area contributed by atoms with Crippen molar-refractivity contribution in [3.8, 4) is 0 Å². The molecule has 2 rings (SSSR count). The van der Waals surface area contributed by atoms with Gasteiger partial charge in [-0.2, -0.15) is 5.10 Å². The molecule has 0 aromatic carbocycles. The molecule has 6 nitrogen and oxygen atoms in total. The Labute approximate surface area is 127 Å². The van der Waals surface area contributed by atoms with Crippen LogP contribution >= 0.6 is 23.1 Å². The minimum absolute atomic E-state index is 0.0622. The molecule has 2 aromatic heterocycles. The molecule has 0 aliphatic heterocycles. The quantitative estimate of drug-likeness (QED) is 0.652. The second-order valence-electron chi connectivity index (χ2n) is 5.08. The average Bonchev–Trinajstić information content (AvgIpc) is 2.95. The molecule has 8 heteroatoms. The van der Waals surface area contributed by atoms with Crippen molar-refractivity contribution < 1.29 is 0 Å². The van der Waals surface area contributed by atoms with E-state index in [0.29, 0.717) is 17.5 Å². The monoisotopic (exact) mass is 314 g/mol. The summed E-state index contributed by atoms with van der Waals surface area (Å²) < 4.78 is 5.72. The van der Waals surface area contributed by atoms with Crippen LogP contribution in [0.4, 0.5) is 0 Å². The molecule has 1 atom stereocenters. The molecule has 2 aromatic rings. The first-order chi connectivity index (χ1) is 9.45. The van der Waals surface area contributed by atoms with E-state index in [1.165, 1.54) is 11.5 Å². The molecule has 0 saturated heterocycles. The third-order valence-electron chi connectivity index (χ3n) is 3.28. The molecule has 1 unspecified atom stereocenters. The van der Waals surface area contributed by atoms with Gasteiger partial charge in [0.15, 0.2) is 0 Å². The molecule has 0 bridgehead atoms. The number of nitrogens with one attached hydrogen (secondary N) is 1. The molecule has 2 heterocycles. The molecular weight excluding hydrogens is 296 g/mol. The molecule has 0 aliphatic rings. The lowest BCUT2D eigenvalue weighted by Gasteiger charge is -2.16. The third-order valence-corrected chi connectivity index (χ3v) is 4.61. The van der Waals surface area contributed by atoms with Gasteiger partial charge in [0, 0.05) is 12.6 Å². The molecule has 0 aliphatic carbocycles. The summed E-state index contributed by atoms with van der Waals surface area (Å²) in [5, 5.41) is 9.17. The molecule has 110 valence electrons. The highest BCUT2D eigenvalue weighted by atomic mass is 35.5. The summed E-state index contributed by atoms with van der Waals surface area (Å²) in [6.07, 6.45) is 0.665. The van der Waals surface area contributed by atoms with Crippen molar-refractivity contribution in [2.45, 2.75) is 39.2 Å². The number of hydrazine groups is 1. The Kier molecular flexibility index (Phi) is 4.74. The molecule has 0 spiro atoms. The Hall–Kier alpha value is -1.02. The number of hydrogen-bond donors (Lipinski definition) is 2. The van der Waals surface area contributed by atoms with Crippen LogP contribution in [0.5, 0.6) is 0 Å². The minimum Gasteiger partial charge on any atom is -0.271 e. The molecule has 0 radical (unpaired) electrons. The number of hydrogen-bond acceptors (Lipinski definition) is 6. The van der Waals surface area contributed by atoms with E-state index in [1.807, 2.05) is 14.0 Å². The van der Waals surface area contributed by atoms with Crippen molar-refractivity contribution in [2.24, 2.45) is 12.9 Å². The summed E-state index contributed by atoms with van der Waals surface area (Å²) in [6, 6.07) is -0.0622. The maximum absolute atomic E-state index is 6.28. The smallest absolute Gasteiger partial charge is 0.130 e. The van der Waals surface area contributed by atoms with Gasteiger partial charge in [0.25, 0.3) is 0 Å². The molecule has 0 saturated carbocycles. The van der Waals surface area contributed by atoms with Gasteiger partial charge >= 0.3 is 0 Å². The first-order valence-corrected chi connectivity index (χ1v) is 7.57. The molecule has 0 fully saturated rings. The Morgan fingerprint density at radius 3 is 2.65 bits per heavy atom. The van der Waals surface area contributed by atoms with Crippen molar-refractivity contribution in [3.05, 3.63) is 27.0 Å². The fourth-order valence-electron chi connectivity index (χ4n) is 2.18. The highest BCUT2D eigenvalue weighted by Crippen LogP contribution is 2.30. The summed E-state index contributed by atoms with van der Waals surface area (Å²) in [5.74, 6) is 6.03. The maximum Gasteiger partial charge on any atom is 0.130 e. The van der Waals surface area contributed by atoms with Gasteiger partial charge in [-0.05, 0) is 30.8 Å². The van der Waals surface area contributed by atoms with Gasteiger partial charge in [-0.3, -0.25) is 16.0 Å². The van der Waals surface area contributed by atoms with E-state index in [2.05, 4.69) is 34.0 Å². The van der Waals surface area contributed by atoms with Crippen molar-refractivity contribution in [2.75, 3.05) is 0 Å². The van der Waals surface area contributed by atoms with Gasteiger partial charge < -0.3 is 0 Å². The zero-order valence-corrected chi connectivity index (χ0v) is 13.6. The summed E-state index contributed by atoms with van der Waals surface area (Å²) in [6.45, 7) is 6.13. The van der Waals surface area contributed by atoms with Gasteiger partial charge in [0.05, 0.1) is 22.3 Å². The van der Waals surface area contributed by atoms with Crippen molar-refractivity contribution >= 4 is 23.1 Å². The van der Waals surface area contributed by atoms with Crippen molar-refractivity contribution in [1.82, 2.24) is 24.8 Å². The second-order valence-corrected chi connectivity index (χ2v) is 6.22. The lowest BCUT2D eigenvalue weighted by atomic mass is 10.0. The van der Waals surface area contributed by atoms with E-state index in [4.69, 9.17) is 17.4 Å². The van der Waals surface area contributed by atoms with E-state index in [0.717, 1.165) is 21.8 Å². The van der Waals surface area contributed by atoms with Crippen LogP contribution in [0.3, 0.4) is 0 Å². The third kappa shape index (κ3) is 2.85. The van der Waals surface area contributed by atoms with Crippen LogP contribution in [0.2, 0.25) is 5.15 Å². The first kappa shape index (κ1) is 15.4. The molecular formula is C12H19ClN6S. The van der Waals surface area contributed by atoms with Gasteiger partial charge in [0.2, 0.25) is 0 Å². The Morgan fingerprint density at radius 1 is 1.45 bits per heavy atom. The summed E-state index contributed by atoms with van der Waals surface area (Å²) in [7, 11) is 1.83. The van der Waals surface area contributed by atoms with Crippen LogP contribution in [0.1, 0.15) is 47.6 Å². The van der Waals surface area contributed by atoms with E-state index < -0.39 is 0 Å². The molecule has 20 heavy (non-hydrogen) atoms. The number of nitrogens with two attached hydrogens (primary N) is 1. The fraction of sp³-hybridized carbons (Fsp3) is 0.583. The SMILES string of the molecule is Cc1nn(C)c(Cl)c1CC(NN)c1snnc1C(C)C. The number of aromatic nitrogens is 4. The topological polar surface area (TPSA) is 81.7 Å². The van der Waals surface area contributed by atoms with Crippen LogP contribution in [0.25, 0.3) is 0 Å². The zero-order valence-electron chi connectivity index (χ0n) is 12.0. The minimum atomic E-state index is -0.0622. The van der Waals surface area contributed by atoms with Crippen LogP contribution in [-0.2, 0) is 13.5 Å². The van der Waals surface area contributed by atoms with E-state index in [9.17, 15) is 0 Å². The van der Waals surface area contributed by atoms with Crippen LogP contribution in [0, 0.1) is 6.92 Å². The standard InChI is InChI=1S/C12H19ClN6S/c1-6(2)10-11(20-18-16-10)9(15-14)5-8-7(3)17-19(4)12(8)13/h6,9,15H,5,14H2,1-4H3. The van der Waals surface area contributed by atoms with Crippen LogP contribution < -0.4 is 11.3 Å². The highest BCUT2D eigenvalue weighted by Gasteiger charge is 2.23. The van der Waals surface area contributed by atoms with Crippen molar-refractivity contribution in [1.29, 1.82) is 0 Å². The second kappa shape index (κ2) is 6.17. The summed E-state index contributed by atoms with van der Waals surface area (Å²) >= 11 is 7.66. The largest absolute Gasteiger partial charge is 0.271 e. The van der Waals surface area contributed by atoms with Crippen LogP contribution in [0.15, 0.2) is 0 Å². The van der Waals surface area contributed by atoms with Crippen molar-refractivity contribution in [3.63, 3.8) is 0 Å². The number of halogens is 1. The Morgan fingerprint density at radius 2 is 2.15 bits per heavy atom. The highest BCUT2D eigenvalue weighted by molar-refractivity contribution is 7.05. The van der Waals surface area contributed by atoms with E-state index in [-0.39, 0.29) is 6.04 Å². The predicted molar refractivity (Wildman–Crippen MR) is 80.7 cm³/mol. The van der Waals surface area contributed by atoms with E-state index >= 15 is 0 Å². The number of aryl methyl sites for hydroxylation is 2. The summed E-state index contributed by atoms with van der Waals surface area (Å²) in [5.41, 5.74) is 5.75. The van der Waals surface area contributed by atoms with Gasteiger partial charge in [-0.25, -0.2) is 0 Å². The average molecular weight is 315 g/mol. The lowest BCUT2D eigenvalue weighted by molar-refractivity contribution is 0.550. The Bertz CT molecular complexity index is 591. The molecule has 0 amide bonds. The normalized spacial score (nSPS) is 13.2. The van der Waals surface area contributed by atoms with Gasteiger partial charge in [0.1, 0.15) is 5.15 Å². The molecule has 3 N–H and O–H groups in total. The predicted octanol–water partition coefficient (Wildman–Crippen LogP) is 2.10. The Balaban J connectivity index is 2.31. The van der Waals surface area contributed by atoms with Gasteiger partial charge in [-0.15, -0.1) is 5.10 Å². The van der Waals surface area contributed by atoms with Gasteiger partial charge in [-0.1, -0.05) is 29.9 Å². The van der Waals surface area contributed by atoms with Crippen LogP contribution in [-0.4, -0.2) is 19.4 Å². The van der Waals surface area contributed by atoms with E-state index in [1.54, 1.807) is 4.68 Å². The number of rotatable bonds is 5. The zero-order chi connectivity index (χ0) is 14.9. The summed E-state index contributed by atoms with van der Waals surface area (Å²) in [4.78, 5) is 1.06.